The molecule has 1 unspecified atom stereocenters. The van der Waals surface area contributed by atoms with Crippen LogP contribution in [0.25, 0.3) is 0 Å². The van der Waals surface area contributed by atoms with Crippen molar-refractivity contribution in [1.29, 1.82) is 0 Å². The van der Waals surface area contributed by atoms with Gasteiger partial charge in [-0.2, -0.15) is 0 Å². The molecule has 2 N–H and O–H groups in total. The molecule has 1 aromatic heterocycles. The summed E-state index contributed by atoms with van der Waals surface area (Å²) in [5.74, 6) is 1.68. The Hall–Kier alpha value is -2.40. The van der Waals surface area contributed by atoms with E-state index in [0.717, 1.165) is 43.8 Å². The van der Waals surface area contributed by atoms with Crippen LogP contribution in [0.1, 0.15) is 44.0 Å². The van der Waals surface area contributed by atoms with E-state index in [0.29, 0.717) is 12.6 Å². The van der Waals surface area contributed by atoms with E-state index in [1.807, 2.05) is 24.4 Å². The molecule has 0 saturated carbocycles. The van der Waals surface area contributed by atoms with Gasteiger partial charge in [0.15, 0.2) is 5.96 Å². The lowest BCUT2D eigenvalue weighted by Gasteiger charge is -2.37. The molecule has 3 rings (SSSR count). The van der Waals surface area contributed by atoms with Gasteiger partial charge in [-0.1, -0.05) is 43.3 Å². The summed E-state index contributed by atoms with van der Waals surface area (Å²) in [6, 6.07) is 17.1. The minimum absolute atomic E-state index is 0.354. The molecule has 0 spiro atoms. The molecule has 1 aliphatic rings. The number of benzene rings is 1. The highest BCUT2D eigenvalue weighted by Gasteiger charge is 2.24. The lowest BCUT2D eigenvalue weighted by Crippen LogP contribution is -2.45. The maximum Gasteiger partial charge on any atom is 0.191 e. The summed E-state index contributed by atoms with van der Waals surface area (Å²) < 4.78 is 0. The van der Waals surface area contributed by atoms with E-state index in [2.05, 4.69) is 64.7 Å². The molecule has 2 heterocycles. The smallest absolute Gasteiger partial charge is 0.191 e. The zero-order valence-electron chi connectivity index (χ0n) is 17.1. The van der Waals surface area contributed by atoms with Gasteiger partial charge in [0, 0.05) is 19.3 Å². The Morgan fingerprint density at radius 1 is 1.11 bits per heavy atom. The zero-order valence-corrected chi connectivity index (χ0v) is 17.1. The number of guanidine groups is 1. The van der Waals surface area contributed by atoms with Crippen LogP contribution in [-0.4, -0.2) is 42.0 Å². The van der Waals surface area contributed by atoms with Gasteiger partial charge in [0.05, 0.1) is 18.3 Å². The SMILES string of the molecule is CCNC(=NCc1ccccn1)NCC(c1ccccc1)N1CCC(C)CC1. The van der Waals surface area contributed by atoms with E-state index in [1.165, 1.54) is 18.4 Å². The van der Waals surface area contributed by atoms with Crippen LogP contribution in [0.15, 0.2) is 59.7 Å². The van der Waals surface area contributed by atoms with Crippen LogP contribution >= 0.6 is 0 Å². The predicted molar refractivity (Wildman–Crippen MR) is 116 cm³/mol. The van der Waals surface area contributed by atoms with Crippen LogP contribution in [0, 0.1) is 5.92 Å². The van der Waals surface area contributed by atoms with Crippen molar-refractivity contribution in [3.05, 3.63) is 66.0 Å². The molecule has 0 aliphatic carbocycles. The number of pyridine rings is 1. The monoisotopic (exact) mass is 379 g/mol. The number of likely N-dealkylation sites (tertiary alicyclic amines) is 1. The summed E-state index contributed by atoms with van der Waals surface area (Å²) in [5.41, 5.74) is 2.34. The molecule has 5 nitrogen and oxygen atoms in total. The van der Waals surface area contributed by atoms with E-state index in [1.54, 1.807) is 0 Å². The van der Waals surface area contributed by atoms with Crippen molar-refractivity contribution >= 4 is 5.96 Å². The third-order valence-electron chi connectivity index (χ3n) is 5.38. The van der Waals surface area contributed by atoms with Gasteiger partial charge in [0.2, 0.25) is 0 Å². The molecule has 0 radical (unpaired) electrons. The summed E-state index contributed by atoms with van der Waals surface area (Å²) >= 11 is 0. The lowest BCUT2D eigenvalue weighted by molar-refractivity contribution is 0.138. The highest BCUT2D eigenvalue weighted by atomic mass is 15.2. The molecule has 2 aromatic rings. The van der Waals surface area contributed by atoms with Gasteiger partial charge in [-0.3, -0.25) is 9.88 Å². The highest BCUT2D eigenvalue weighted by Crippen LogP contribution is 2.26. The molecule has 5 heteroatoms. The first-order valence-corrected chi connectivity index (χ1v) is 10.5. The van der Waals surface area contributed by atoms with Gasteiger partial charge >= 0.3 is 0 Å². The van der Waals surface area contributed by atoms with Gasteiger partial charge in [0.1, 0.15) is 0 Å². The van der Waals surface area contributed by atoms with Crippen LogP contribution in [0.3, 0.4) is 0 Å². The first-order valence-electron chi connectivity index (χ1n) is 10.5. The lowest BCUT2D eigenvalue weighted by atomic mass is 9.95. The number of aliphatic imine (C=N–C) groups is 1. The Kier molecular flexibility index (Phi) is 7.85. The fourth-order valence-electron chi connectivity index (χ4n) is 3.66. The van der Waals surface area contributed by atoms with Crippen molar-refractivity contribution in [2.24, 2.45) is 10.9 Å². The fourth-order valence-corrected chi connectivity index (χ4v) is 3.66. The first kappa shape index (κ1) is 20.3. The van der Waals surface area contributed by atoms with Gasteiger partial charge in [-0.25, -0.2) is 4.99 Å². The van der Waals surface area contributed by atoms with Crippen molar-refractivity contribution in [3.8, 4) is 0 Å². The number of rotatable bonds is 7. The average molecular weight is 380 g/mol. The number of nitrogens with zero attached hydrogens (tertiary/aromatic N) is 3. The zero-order chi connectivity index (χ0) is 19.6. The van der Waals surface area contributed by atoms with Crippen molar-refractivity contribution in [1.82, 2.24) is 20.5 Å². The maximum absolute atomic E-state index is 4.72. The summed E-state index contributed by atoms with van der Waals surface area (Å²) in [5, 5.41) is 6.93. The number of hydrogen-bond donors (Lipinski definition) is 2. The fraction of sp³-hybridized carbons (Fsp3) is 0.478. The Morgan fingerprint density at radius 2 is 1.86 bits per heavy atom. The molecule has 1 saturated heterocycles. The van der Waals surface area contributed by atoms with Crippen LogP contribution in [0.5, 0.6) is 0 Å². The van der Waals surface area contributed by atoms with Gasteiger partial charge < -0.3 is 10.6 Å². The Labute approximate surface area is 169 Å². The molecule has 1 aliphatic heterocycles. The van der Waals surface area contributed by atoms with Crippen LogP contribution in [-0.2, 0) is 6.54 Å². The molecule has 28 heavy (non-hydrogen) atoms. The highest BCUT2D eigenvalue weighted by molar-refractivity contribution is 5.79. The number of hydrogen-bond acceptors (Lipinski definition) is 3. The number of aromatic nitrogens is 1. The topological polar surface area (TPSA) is 52.6 Å². The van der Waals surface area contributed by atoms with Crippen molar-refractivity contribution in [3.63, 3.8) is 0 Å². The van der Waals surface area contributed by atoms with Crippen molar-refractivity contribution in [2.75, 3.05) is 26.2 Å². The Bertz CT molecular complexity index is 708. The molecule has 1 atom stereocenters. The Balaban J connectivity index is 1.68. The number of piperidine rings is 1. The van der Waals surface area contributed by atoms with Gasteiger partial charge in [-0.05, 0) is 56.5 Å². The van der Waals surface area contributed by atoms with Crippen LogP contribution < -0.4 is 10.6 Å². The number of nitrogens with one attached hydrogen (secondary N) is 2. The summed E-state index contributed by atoms with van der Waals surface area (Å²) in [7, 11) is 0. The normalized spacial score (nSPS) is 17.3. The van der Waals surface area contributed by atoms with Crippen LogP contribution in [0.4, 0.5) is 0 Å². The average Bonchev–Trinajstić information content (AvgIpc) is 2.75. The Morgan fingerprint density at radius 3 is 2.54 bits per heavy atom. The second-order valence-electron chi connectivity index (χ2n) is 7.54. The molecular formula is C23H33N5. The van der Waals surface area contributed by atoms with E-state index in [-0.39, 0.29) is 0 Å². The van der Waals surface area contributed by atoms with Crippen molar-refractivity contribution in [2.45, 2.75) is 39.3 Å². The minimum Gasteiger partial charge on any atom is -0.357 e. The van der Waals surface area contributed by atoms with Gasteiger partial charge in [-0.15, -0.1) is 0 Å². The van der Waals surface area contributed by atoms with E-state index in [9.17, 15) is 0 Å². The van der Waals surface area contributed by atoms with Gasteiger partial charge in [0.25, 0.3) is 0 Å². The van der Waals surface area contributed by atoms with E-state index in [4.69, 9.17) is 4.99 Å². The quantitative estimate of drug-likeness (QED) is 0.570. The predicted octanol–water partition coefficient (Wildman–Crippen LogP) is 3.61. The standard InChI is InChI=1S/C23H33N5/c1-3-24-23(26-17-21-11-7-8-14-25-21)27-18-22(20-9-5-4-6-10-20)28-15-12-19(2)13-16-28/h4-11,14,19,22H,3,12-13,15-18H2,1-2H3,(H2,24,26,27). The van der Waals surface area contributed by atoms with Crippen LogP contribution in [0.2, 0.25) is 0 Å². The molecular weight excluding hydrogens is 346 g/mol. The van der Waals surface area contributed by atoms with Crippen molar-refractivity contribution < 1.29 is 0 Å². The van der Waals surface area contributed by atoms with E-state index >= 15 is 0 Å². The molecule has 1 aromatic carbocycles. The second kappa shape index (κ2) is 10.8. The maximum atomic E-state index is 4.72. The molecule has 1 fully saturated rings. The summed E-state index contributed by atoms with van der Waals surface area (Å²) in [6.45, 7) is 9.03. The first-order chi connectivity index (χ1) is 13.8. The molecule has 0 amide bonds. The minimum atomic E-state index is 0.354. The largest absolute Gasteiger partial charge is 0.357 e. The summed E-state index contributed by atoms with van der Waals surface area (Å²) in [4.78, 5) is 11.7. The summed E-state index contributed by atoms with van der Waals surface area (Å²) in [6.07, 6.45) is 4.36. The second-order valence-corrected chi connectivity index (χ2v) is 7.54. The third kappa shape index (κ3) is 6.06. The molecule has 150 valence electrons. The van der Waals surface area contributed by atoms with E-state index < -0.39 is 0 Å². The third-order valence-corrected chi connectivity index (χ3v) is 5.38. The molecule has 0 bridgehead atoms.